The molecule has 2 aliphatic rings. The highest BCUT2D eigenvalue weighted by Gasteiger charge is 2.53. The van der Waals surface area contributed by atoms with Gasteiger partial charge in [0.05, 0.1) is 12.3 Å². The third kappa shape index (κ3) is 3.24. The molecule has 0 radical (unpaired) electrons. The molecule has 2 N–H and O–H groups in total. The van der Waals surface area contributed by atoms with Crippen molar-refractivity contribution in [2.45, 2.75) is 42.9 Å². The number of benzene rings is 1. The van der Waals surface area contributed by atoms with Crippen molar-refractivity contribution in [3.63, 3.8) is 0 Å². The zero-order valence-electron chi connectivity index (χ0n) is 15.0. The lowest BCUT2D eigenvalue weighted by molar-refractivity contribution is -0.136. The number of aliphatic hydroxyl groups is 2. The van der Waals surface area contributed by atoms with Gasteiger partial charge in [-0.15, -0.1) is 0 Å². The van der Waals surface area contributed by atoms with E-state index in [9.17, 15) is 15.0 Å². The molecule has 0 bridgehead atoms. The molecule has 4 rings (SSSR count). The lowest BCUT2D eigenvalue weighted by atomic mass is 9.72. The van der Waals surface area contributed by atoms with Crippen LogP contribution >= 0.6 is 23.2 Å². The molecule has 4 atom stereocenters. The van der Waals surface area contributed by atoms with Crippen LogP contribution in [0.5, 0.6) is 0 Å². The summed E-state index contributed by atoms with van der Waals surface area (Å²) in [4.78, 5) is 17.0. The van der Waals surface area contributed by atoms with Crippen LogP contribution in [0.25, 0.3) is 0 Å². The maximum Gasteiger partial charge on any atom is 0.195 e. The molecule has 2 unspecified atom stereocenters. The number of aromatic nitrogens is 1. The zero-order chi connectivity index (χ0) is 20.1. The number of aliphatic hydroxyl groups excluding tert-OH is 1. The van der Waals surface area contributed by atoms with E-state index in [1.807, 2.05) is 6.07 Å². The first-order valence-electron chi connectivity index (χ1n) is 9.25. The van der Waals surface area contributed by atoms with Crippen LogP contribution in [0.1, 0.15) is 48.4 Å². The fraction of sp³-hybridized carbons (Fsp3) is 0.429. The second kappa shape index (κ2) is 7.06. The lowest BCUT2D eigenvalue weighted by Gasteiger charge is -2.38. The van der Waals surface area contributed by atoms with Crippen molar-refractivity contribution in [1.82, 2.24) is 4.98 Å². The van der Waals surface area contributed by atoms with Gasteiger partial charge < -0.3 is 10.2 Å². The van der Waals surface area contributed by atoms with Gasteiger partial charge >= 0.3 is 0 Å². The molecule has 0 spiro atoms. The van der Waals surface area contributed by atoms with E-state index in [-0.39, 0.29) is 42.4 Å². The number of rotatable bonds is 5. The van der Waals surface area contributed by atoms with Crippen molar-refractivity contribution in [3.05, 3.63) is 63.4 Å². The molecule has 1 fully saturated rings. The van der Waals surface area contributed by atoms with Gasteiger partial charge in [0, 0.05) is 28.2 Å². The Bertz CT molecular complexity index is 940. The average molecular weight is 424 g/mol. The monoisotopic (exact) mass is 423 g/mol. The Kier molecular flexibility index (Phi) is 4.99. The zero-order valence-corrected chi connectivity index (χ0v) is 16.5. The summed E-state index contributed by atoms with van der Waals surface area (Å²) in [6.07, 6.45) is 2.04. The largest absolute Gasteiger partial charge is 0.393 e. The molecule has 0 amide bonds. The van der Waals surface area contributed by atoms with E-state index in [1.54, 1.807) is 12.1 Å². The fourth-order valence-electron chi connectivity index (χ4n) is 4.23. The van der Waals surface area contributed by atoms with Gasteiger partial charge in [-0.25, -0.2) is 4.39 Å². The lowest BCUT2D eigenvalue weighted by Crippen LogP contribution is -2.45. The number of hydrogen-bond donors (Lipinski definition) is 2. The molecule has 1 aromatic carbocycles. The van der Waals surface area contributed by atoms with Crippen LogP contribution in [0.4, 0.5) is 4.39 Å². The maximum atomic E-state index is 15.9. The Morgan fingerprint density at radius 1 is 1.29 bits per heavy atom. The number of halogens is 3. The average Bonchev–Trinajstić information content (AvgIpc) is 3.44. The number of pyridine rings is 1. The highest BCUT2D eigenvalue weighted by Crippen LogP contribution is 2.54. The van der Waals surface area contributed by atoms with Gasteiger partial charge in [-0.1, -0.05) is 35.3 Å². The van der Waals surface area contributed by atoms with Crippen LogP contribution in [0.2, 0.25) is 10.0 Å². The van der Waals surface area contributed by atoms with E-state index >= 15 is 4.39 Å². The molecular weight excluding hydrogens is 404 g/mol. The van der Waals surface area contributed by atoms with Gasteiger partial charge in [-0.05, 0) is 54.9 Å². The van der Waals surface area contributed by atoms with Gasteiger partial charge in [0.15, 0.2) is 11.5 Å². The molecule has 2 aliphatic carbocycles. The van der Waals surface area contributed by atoms with Crippen molar-refractivity contribution >= 4 is 29.0 Å². The molecule has 1 heterocycles. The van der Waals surface area contributed by atoms with E-state index in [0.717, 1.165) is 12.0 Å². The number of Topliss-reactive ketones (excluding diaryl/α,β-unsaturated/α-hetero) is 1. The fourth-order valence-corrected chi connectivity index (χ4v) is 4.78. The first-order chi connectivity index (χ1) is 13.3. The molecule has 1 aromatic heterocycles. The molecule has 0 saturated heterocycles. The highest BCUT2D eigenvalue weighted by atomic mass is 35.5. The molecule has 4 nitrogen and oxygen atoms in total. The Labute approximate surface area is 172 Å². The van der Waals surface area contributed by atoms with E-state index in [1.165, 1.54) is 18.3 Å². The number of hydrogen-bond acceptors (Lipinski definition) is 4. The first-order valence-corrected chi connectivity index (χ1v) is 10.0. The summed E-state index contributed by atoms with van der Waals surface area (Å²) in [6, 6.07) is 8.30. The van der Waals surface area contributed by atoms with Crippen molar-refractivity contribution in [2.24, 2.45) is 5.92 Å². The first kappa shape index (κ1) is 19.8. The van der Waals surface area contributed by atoms with Crippen LogP contribution in [0.15, 0.2) is 36.5 Å². The van der Waals surface area contributed by atoms with Gasteiger partial charge in [0.1, 0.15) is 5.60 Å². The number of carbonyl (C=O) groups excluding carboxylic acids is 1. The smallest absolute Gasteiger partial charge is 0.195 e. The normalized spacial score (nSPS) is 31.3. The Hall–Kier alpha value is -1.53. The van der Waals surface area contributed by atoms with Crippen LogP contribution < -0.4 is 0 Å². The maximum absolute atomic E-state index is 15.9. The molecule has 0 aliphatic heterocycles. The summed E-state index contributed by atoms with van der Waals surface area (Å²) in [5, 5.41) is 21.2. The van der Waals surface area contributed by atoms with Crippen molar-refractivity contribution in [3.8, 4) is 0 Å². The van der Waals surface area contributed by atoms with Crippen LogP contribution in [0, 0.1) is 5.92 Å². The predicted octanol–water partition coefficient (Wildman–Crippen LogP) is 4.29. The Morgan fingerprint density at radius 3 is 2.79 bits per heavy atom. The quantitative estimate of drug-likeness (QED) is 0.752. The van der Waals surface area contributed by atoms with Gasteiger partial charge in [-0.2, -0.15) is 0 Å². The second-order valence-electron chi connectivity index (χ2n) is 7.79. The summed E-state index contributed by atoms with van der Waals surface area (Å²) in [7, 11) is 0. The number of nitrogens with zero attached hydrogens (tertiary/aromatic N) is 1. The van der Waals surface area contributed by atoms with Gasteiger partial charge in [0.25, 0.3) is 0 Å². The van der Waals surface area contributed by atoms with Crippen molar-refractivity contribution < 1.29 is 19.4 Å². The molecule has 28 heavy (non-hydrogen) atoms. The third-order valence-electron chi connectivity index (χ3n) is 5.99. The molecular formula is C21H20Cl2FNO3. The summed E-state index contributed by atoms with van der Waals surface area (Å²) in [5.74, 6) is -0.374. The van der Waals surface area contributed by atoms with E-state index in [2.05, 4.69) is 4.98 Å². The van der Waals surface area contributed by atoms with Crippen molar-refractivity contribution in [1.29, 1.82) is 0 Å². The third-order valence-corrected chi connectivity index (χ3v) is 6.56. The Balaban J connectivity index is 1.55. The Morgan fingerprint density at radius 2 is 2.07 bits per heavy atom. The summed E-state index contributed by atoms with van der Waals surface area (Å²) >= 11 is 12.2. The number of ketones is 1. The predicted molar refractivity (Wildman–Crippen MR) is 104 cm³/mol. The van der Waals surface area contributed by atoms with Gasteiger partial charge in [0.2, 0.25) is 0 Å². The van der Waals surface area contributed by atoms with E-state index in [4.69, 9.17) is 23.2 Å². The number of alkyl halides is 1. The molecule has 148 valence electrons. The van der Waals surface area contributed by atoms with Crippen LogP contribution in [0.3, 0.4) is 0 Å². The molecule has 1 saturated carbocycles. The minimum atomic E-state index is -2.21. The van der Waals surface area contributed by atoms with Crippen molar-refractivity contribution in [2.75, 3.05) is 6.61 Å². The van der Waals surface area contributed by atoms with Gasteiger partial charge in [-0.3, -0.25) is 9.78 Å². The minimum Gasteiger partial charge on any atom is -0.393 e. The minimum absolute atomic E-state index is 0.0255. The highest BCUT2D eigenvalue weighted by molar-refractivity contribution is 6.35. The number of carbonyl (C=O) groups is 1. The summed E-state index contributed by atoms with van der Waals surface area (Å²) in [5.41, 5.74) is -2.79. The van der Waals surface area contributed by atoms with Crippen LogP contribution in [-0.4, -0.2) is 27.6 Å². The van der Waals surface area contributed by atoms with E-state index < -0.39 is 23.7 Å². The topological polar surface area (TPSA) is 70.4 Å². The van der Waals surface area contributed by atoms with Crippen LogP contribution in [-0.2, 0) is 16.1 Å². The standard InChI is InChI=1S/C21H20Cl2FNO3/c22-13-3-4-14(17(23)10-13)15-8-12(15)9-18(27)21(24)6-5-20(28,11-26)19-16(21)2-1-7-25-19/h1-4,7,10,12,15,26,28H,5-6,8-9,11H2/t12?,15?,20-,21+/m1/s1. The second-order valence-corrected chi connectivity index (χ2v) is 8.63. The van der Waals surface area contributed by atoms with E-state index in [0.29, 0.717) is 10.0 Å². The summed E-state index contributed by atoms with van der Waals surface area (Å²) in [6.45, 7) is -0.568. The molecule has 7 heteroatoms. The molecule has 2 aromatic rings. The number of fused-ring (bicyclic) bond motifs is 1. The SMILES string of the molecule is O=C(CC1CC1c1ccc(Cl)cc1Cl)[C@]1(F)CC[C@@](O)(CO)c2ncccc21. The summed E-state index contributed by atoms with van der Waals surface area (Å²) < 4.78 is 15.9.